The molecule has 0 atom stereocenters. The van der Waals surface area contributed by atoms with E-state index in [1.807, 2.05) is 19.9 Å². The van der Waals surface area contributed by atoms with Gasteiger partial charge in [-0.25, -0.2) is 0 Å². The van der Waals surface area contributed by atoms with Crippen molar-refractivity contribution in [2.24, 2.45) is 0 Å². The zero-order valence-electron chi connectivity index (χ0n) is 8.53. The summed E-state index contributed by atoms with van der Waals surface area (Å²) < 4.78 is 5.50. The van der Waals surface area contributed by atoms with Crippen LogP contribution in [0.5, 0.6) is 5.75 Å². The molecule has 0 aromatic carbocycles. The lowest BCUT2D eigenvalue weighted by molar-refractivity contribution is 0.0409. The zero-order chi connectivity index (χ0) is 10.6. The minimum atomic E-state index is -0.572. The van der Waals surface area contributed by atoms with Gasteiger partial charge >= 0.3 is 0 Å². The topological polar surface area (TPSA) is 42.4 Å². The normalized spacial score (nSPS) is 11.1. The lowest BCUT2D eigenvalue weighted by atomic mass is 10.1. The first-order chi connectivity index (χ1) is 6.57. The molecule has 0 aliphatic rings. The molecule has 0 bridgehead atoms. The fourth-order valence-corrected chi connectivity index (χ4v) is 0.924. The smallest absolute Gasteiger partial charge is 0.138 e. The molecule has 1 aromatic rings. The quantitative estimate of drug-likeness (QED) is 0.793. The summed E-state index contributed by atoms with van der Waals surface area (Å²) in [5, 5.41) is 8.99. The van der Waals surface area contributed by atoms with E-state index < -0.39 is 5.60 Å². The summed E-state index contributed by atoms with van der Waals surface area (Å²) in [6.07, 6.45) is 3.29. The molecule has 1 aromatic heterocycles. The van der Waals surface area contributed by atoms with Crippen LogP contribution >= 0.6 is 0 Å². The second-order valence-electron chi connectivity index (χ2n) is 3.64. The van der Waals surface area contributed by atoms with Crippen LogP contribution in [0.4, 0.5) is 0 Å². The van der Waals surface area contributed by atoms with Crippen molar-refractivity contribution in [2.45, 2.75) is 19.4 Å². The first kappa shape index (κ1) is 10.7. The third kappa shape index (κ3) is 2.85. The number of aliphatic hydroxyl groups excluding tert-OH is 1. The van der Waals surface area contributed by atoms with Crippen LogP contribution in [0.2, 0.25) is 0 Å². The number of pyridine rings is 1. The van der Waals surface area contributed by atoms with Crippen molar-refractivity contribution in [1.82, 2.24) is 4.98 Å². The third-order valence-electron chi connectivity index (χ3n) is 1.74. The van der Waals surface area contributed by atoms with E-state index in [-0.39, 0.29) is 6.61 Å². The largest absolute Gasteiger partial charge is 0.484 e. The van der Waals surface area contributed by atoms with Crippen LogP contribution in [0.3, 0.4) is 0 Å². The standard InChI is InChI=1S/C11H15NO2/c1-4-9-5-6-10(7-12-9)14-11(2,3)8-13/h4-7,13H,1,8H2,2-3H3. The van der Waals surface area contributed by atoms with E-state index in [0.29, 0.717) is 5.75 Å². The molecule has 1 N–H and O–H groups in total. The van der Waals surface area contributed by atoms with Gasteiger partial charge in [0.05, 0.1) is 18.5 Å². The van der Waals surface area contributed by atoms with Crippen LogP contribution in [-0.2, 0) is 0 Å². The van der Waals surface area contributed by atoms with Crippen LogP contribution in [0, 0.1) is 0 Å². The number of nitrogens with zero attached hydrogens (tertiary/aromatic N) is 1. The zero-order valence-corrected chi connectivity index (χ0v) is 8.53. The summed E-state index contributed by atoms with van der Waals surface area (Å²) in [6, 6.07) is 3.62. The average molecular weight is 193 g/mol. The number of hydrogen-bond acceptors (Lipinski definition) is 3. The lowest BCUT2D eigenvalue weighted by Gasteiger charge is -2.23. The first-order valence-electron chi connectivity index (χ1n) is 4.46. The Kier molecular flexibility index (Phi) is 3.25. The van der Waals surface area contributed by atoms with E-state index >= 15 is 0 Å². The highest BCUT2D eigenvalue weighted by atomic mass is 16.5. The molecule has 0 spiro atoms. The summed E-state index contributed by atoms with van der Waals surface area (Å²) in [6.45, 7) is 7.20. The number of hydrogen-bond donors (Lipinski definition) is 1. The number of aromatic nitrogens is 1. The minimum absolute atomic E-state index is 0.0315. The molecular weight excluding hydrogens is 178 g/mol. The Hall–Kier alpha value is -1.35. The van der Waals surface area contributed by atoms with Gasteiger partial charge in [0.25, 0.3) is 0 Å². The molecule has 76 valence electrons. The van der Waals surface area contributed by atoms with E-state index in [0.717, 1.165) is 5.69 Å². The fraction of sp³-hybridized carbons (Fsp3) is 0.364. The Bertz CT molecular complexity index is 304. The van der Waals surface area contributed by atoms with Gasteiger partial charge in [-0.15, -0.1) is 0 Å². The summed E-state index contributed by atoms with van der Waals surface area (Å²) in [5.41, 5.74) is 0.233. The van der Waals surface area contributed by atoms with Crippen molar-refractivity contribution in [3.8, 4) is 5.75 Å². The van der Waals surface area contributed by atoms with Crippen LogP contribution in [0.15, 0.2) is 24.9 Å². The molecule has 14 heavy (non-hydrogen) atoms. The van der Waals surface area contributed by atoms with Gasteiger partial charge < -0.3 is 9.84 Å². The predicted octanol–water partition coefficient (Wildman–Crippen LogP) is 1.87. The van der Waals surface area contributed by atoms with Gasteiger partial charge in [-0.05, 0) is 32.1 Å². The molecule has 0 aliphatic carbocycles. The van der Waals surface area contributed by atoms with Crippen molar-refractivity contribution in [2.75, 3.05) is 6.61 Å². The van der Waals surface area contributed by atoms with Crippen molar-refractivity contribution in [1.29, 1.82) is 0 Å². The molecule has 0 radical (unpaired) electrons. The monoisotopic (exact) mass is 193 g/mol. The van der Waals surface area contributed by atoms with E-state index in [2.05, 4.69) is 11.6 Å². The summed E-state index contributed by atoms with van der Waals surface area (Å²) in [5.74, 6) is 0.648. The summed E-state index contributed by atoms with van der Waals surface area (Å²) in [4.78, 5) is 4.09. The summed E-state index contributed by atoms with van der Waals surface area (Å²) >= 11 is 0. The van der Waals surface area contributed by atoms with Crippen molar-refractivity contribution in [3.05, 3.63) is 30.6 Å². The van der Waals surface area contributed by atoms with Gasteiger partial charge in [-0.3, -0.25) is 4.98 Å². The van der Waals surface area contributed by atoms with Gasteiger partial charge in [0.15, 0.2) is 0 Å². The molecule has 0 amide bonds. The molecule has 3 nitrogen and oxygen atoms in total. The van der Waals surface area contributed by atoms with E-state index in [1.54, 1.807) is 18.3 Å². The van der Waals surface area contributed by atoms with E-state index in [1.165, 1.54) is 0 Å². The molecule has 0 unspecified atom stereocenters. The van der Waals surface area contributed by atoms with Gasteiger partial charge in [0, 0.05) is 0 Å². The molecule has 1 heterocycles. The highest BCUT2D eigenvalue weighted by Gasteiger charge is 2.17. The van der Waals surface area contributed by atoms with Gasteiger partial charge in [0.1, 0.15) is 11.4 Å². The maximum atomic E-state index is 8.99. The minimum Gasteiger partial charge on any atom is -0.484 e. The highest BCUT2D eigenvalue weighted by Crippen LogP contribution is 2.17. The van der Waals surface area contributed by atoms with Crippen LogP contribution < -0.4 is 4.74 Å². The molecule has 0 fully saturated rings. The van der Waals surface area contributed by atoms with Crippen LogP contribution in [0.1, 0.15) is 19.5 Å². The molecular formula is C11H15NO2. The maximum absolute atomic E-state index is 8.99. The molecule has 0 aliphatic heterocycles. The Morgan fingerprint density at radius 1 is 1.57 bits per heavy atom. The lowest BCUT2D eigenvalue weighted by Crippen LogP contribution is -2.32. The molecule has 1 rings (SSSR count). The van der Waals surface area contributed by atoms with Crippen molar-refractivity contribution >= 4 is 6.08 Å². The number of ether oxygens (including phenoxy) is 1. The van der Waals surface area contributed by atoms with Crippen molar-refractivity contribution in [3.63, 3.8) is 0 Å². The van der Waals surface area contributed by atoms with E-state index in [4.69, 9.17) is 9.84 Å². The maximum Gasteiger partial charge on any atom is 0.138 e. The average Bonchev–Trinajstić information content (AvgIpc) is 2.19. The van der Waals surface area contributed by atoms with E-state index in [9.17, 15) is 0 Å². The Balaban J connectivity index is 2.73. The van der Waals surface area contributed by atoms with Crippen LogP contribution in [0.25, 0.3) is 6.08 Å². The second-order valence-corrected chi connectivity index (χ2v) is 3.64. The Labute approximate surface area is 84.1 Å². The molecule has 3 heteroatoms. The summed E-state index contributed by atoms with van der Waals surface area (Å²) in [7, 11) is 0. The Morgan fingerprint density at radius 2 is 2.29 bits per heavy atom. The third-order valence-corrected chi connectivity index (χ3v) is 1.74. The predicted molar refractivity (Wildman–Crippen MR) is 56.1 cm³/mol. The SMILES string of the molecule is C=Cc1ccc(OC(C)(C)CO)cn1. The molecule has 0 saturated carbocycles. The highest BCUT2D eigenvalue weighted by molar-refractivity contribution is 5.42. The molecule has 0 saturated heterocycles. The second kappa shape index (κ2) is 4.24. The Morgan fingerprint density at radius 3 is 2.71 bits per heavy atom. The number of aliphatic hydroxyl groups is 1. The number of rotatable bonds is 4. The van der Waals surface area contributed by atoms with Gasteiger partial charge in [-0.2, -0.15) is 0 Å². The van der Waals surface area contributed by atoms with Crippen molar-refractivity contribution < 1.29 is 9.84 Å². The first-order valence-corrected chi connectivity index (χ1v) is 4.46. The van der Waals surface area contributed by atoms with Gasteiger partial charge in [0.2, 0.25) is 0 Å². The van der Waals surface area contributed by atoms with Crippen LogP contribution in [-0.4, -0.2) is 22.3 Å². The van der Waals surface area contributed by atoms with Gasteiger partial charge in [-0.1, -0.05) is 6.58 Å². The fourth-order valence-electron chi connectivity index (χ4n) is 0.924.